The van der Waals surface area contributed by atoms with Crippen LogP contribution in [-0.4, -0.2) is 47.8 Å². The van der Waals surface area contributed by atoms with E-state index < -0.39 is 0 Å². The average molecular weight is 268 g/mol. The van der Waals surface area contributed by atoms with E-state index in [0.717, 1.165) is 31.5 Å². The summed E-state index contributed by atoms with van der Waals surface area (Å²) >= 11 is 0. The van der Waals surface area contributed by atoms with Crippen LogP contribution in [0.1, 0.15) is 47.0 Å². The van der Waals surface area contributed by atoms with Crippen LogP contribution in [0.3, 0.4) is 0 Å². The molecule has 0 aromatic rings. The van der Waals surface area contributed by atoms with Crippen molar-refractivity contribution in [2.24, 2.45) is 17.8 Å². The average Bonchev–Trinajstić information content (AvgIpc) is 2.32. The summed E-state index contributed by atoms with van der Waals surface area (Å²) in [4.78, 5) is 2.64. The van der Waals surface area contributed by atoms with Gasteiger partial charge < -0.3 is 10.4 Å². The molecule has 1 heterocycles. The largest absolute Gasteiger partial charge is 0.393 e. The van der Waals surface area contributed by atoms with Crippen molar-refractivity contribution in [3.8, 4) is 0 Å². The Hall–Kier alpha value is -0.120. The van der Waals surface area contributed by atoms with Crippen LogP contribution in [0.2, 0.25) is 0 Å². The summed E-state index contributed by atoms with van der Waals surface area (Å²) < 4.78 is 0. The zero-order valence-electron chi connectivity index (χ0n) is 13.1. The molecule has 0 spiro atoms. The lowest BCUT2D eigenvalue weighted by atomic mass is 9.78. The van der Waals surface area contributed by atoms with E-state index in [-0.39, 0.29) is 6.10 Å². The summed E-state index contributed by atoms with van der Waals surface area (Å²) in [5, 5.41) is 13.7. The van der Waals surface area contributed by atoms with Gasteiger partial charge in [-0.3, -0.25) is 4.90 Å². The van der Waals surface area contributed by atoms with Crippen LogP contribution >= 0.6 is 0 Å². The zero-order chi connectivity index (χ0) is 14.0. The van der Waals surface area contributed by atoms with Crippen LogP contribution in [0.25, 0.3) is 0 Å². The van der Waals surface area contributed by atoms with Crippen molar-refractivity contribution in [2.75, 3.05) is 19.6 Å². The van der Waals surface area contributed by atoms with Crippen molar-refractivity contribution in [2.45, 2.75) is 65.1 Å². The normalized spacial score (nSPS) is 38.2. The van der Waals surface area contributed by atoms with Crippen LogP contribution < -0.4 is 5.32 Å². The number of likely N-dealkylation sites (tertiary alicyclic amines) is 1. The highest BCUT2D eigenvalue weighted by atomic mass is 16.3. The molecule has 0 aromatic carbocycles. The van der Waals surface area contributed by atoms with Gasteiger partial charge in [0.2, 0.25) is 0 Å². The van der Waals surface area contributed by atoms with Crippen LogP contribution in [0.15, 0.2) is 0 Å². The molecular formula is C16H32N2O. The Balaban J connectivity index is 1.89. The summed E-state index contributed by atoms with van der Waals surface area (Å²) in [7, 11) is 0. The van der Waals surface area contributed by atoms with Gasteiger partial charge in [0, 0.05) is 25.2 Å². The third-order valence-electron chi connectivity index (χ3n) is 4.87. The van der Waals surface area contributed by atoms with Crippen LogP contribution in [-0.2, 0) is 0 Å². The number of aliphatic hydroxyl groups excluding tert-OH is 1. The van der Waals surface area contributed by atoms with Gasteiger partial charge in [0.25, 0.3) is 0 Å². The maximum atomic E-state index is 9.96. The topological polar surface area (TPSA) is 35.5 Å². The molecule has 3 heteroatoms. The molecular weight excluding hydrogens is 236 g/mol. The van der Waals surface area contributed by atoms with Gasteiger partial charge in [-0.15, -0.1) is 0 Å². The second kappa shape index (κ2) is 6.55. The number of hydrogen-bond donors (Lipinski definition) is 2. The number of nitrogens with one attached hydrogen (secondary N) is 1. The standard InChI is InChI=1S/C16H32N2O/c1-11(2)8-17-15-7-14(13(4)19)9-18(10-15)16-5-12(3)6-16/h11-17,19H,5-10H2,1-4H3. The Morgan fingerprint density at radius 1 is 1.16 bits per heavy atom. The van der Waals surface area contributed by atoms with Crippen LogP contribution in [0.4, 0.5) is 0 Å². The Kier molecular flexibility index (Phi) is 5.27. The fraction of sp³-hybridized carbons (Fsp3) is 1.00. The first-order valence-corrected chi connectivity index (χ1v) is 8.11. The molecule has 112 valence electrons. The fourth-order valence-corrected chi connectivity index (χ4v) is 3.53. The molecule has 0 radical (unpaired) electrons. The SMILES string of the molecule is CC(C)CNC1CC(C(C)O)CN(C2CC(C)C2)C1. The molecule has 1 saturated heterocycles. The van der Waals surface area contributed by atoms with E-state index in [4.69, 9.17) is 0 Å². The molecule has 0 bridgehead atoms. The van der Waals surface area contributed by atoms with Crippen LogP contribution in [0, 0.1) is 17.8 Å². The molecule has 0 amide bonds. The molecule has 2 aliphatic rings. The quantitative estimate of drug-likeness (QED) is 0.801. The number of aliphatic hydroxyl groups is 1. The van der Waals surface area contributed by atoms with Gasteiger partial charge in [0.15, 0.2) is 0 Å². The van der Waals surface area contributed by atoms with E-state index >= 15 is 0 Å². The maximum Gasteiger partial charge on any atom is 0.0553 e. The molecule has 19 heavy (non-hydrogen) atoms. The monoisotopic (exact) mass is 268 g/mol. The van der Waals surface area contributed by atoms with Gasteiger partial charge in [-0.1, -0.05) is 20.8 Å². The lowest BCUT2D eigenvalue weighted by Crippen LogP contribution is -2.57. The van der Waals surface area contributed by atoms with Gasteiger partial charge in [-0.25, -0.2) is 0 Å². The van der Waals surface area contributed by atoms with E-state index in [1.54, 1.807) is 0 Å². The summed E-state index contributed by atoms with van der Waals surface area (Å²) in [6, 6.07) is 1.34. The number of hydrogen-bond acceptors (Lipinski definition) is 3. The van der Waals surface area contributed by atoms with Gasteiger partial charge in [0.1, 0.15) is 0 Å². The van der Waals surface area contributed by atoms with Crippen molar-refractivity contribution in [1.29, 1.82) is 0 Å². The molecule has 1 aliphatic carbocycles. The first kappa shape index (κ1) is 15.3. The van der Waals surface area contributed by atoms with Crippen molar-refractivity contribution >= 4 is 0 Å². The van der Waals surface area contributed by atoms with E-state index in [0.29, 0.717) is 17.9 Å². The first-order valence-electron chi connectivity index (χ1n) is 8.11. The Morgan fingerprint density at radius 3 is 2.37 bits per heavy atom. The summed E-state index contributed by atoms with van der Waals surface area (Å²) in [6.45, 7) is 12.2. The summed E-state index contributed by atoms with van der Waals surface area (Å²) in [5.41, 5.74) is 0. The second-order valence-electron chi connectivity index (χ2n) is 7.42. The van der Waals surface area contributed by atoms with Crippen molar-refractivity contribution in [1.82, 2.24) is 10.2 Å². The first-order chi connectivity index (χ1) is 8.95. The summed E-state index contributed by atoms with van der Waals surface area (Å²) in [6.07, 6.45) is 3.65. The molecule has 3 nitrogen and oxygen atoms in total. The third-order valence-corrected chi connectivity index (χ3v) is 4.87. The van der Waals surface area contributed by atoms with Gasteiger partial charge >= 0.3 is 0 Å². The number of nitrogens with zero attached hydrogens (tertiary/aromatic N) is 1. The van der Waals surface area contributed by atoms with Crippen LogP contribution in [0.5, 0.6) is 0 Å². The van der Waals surface area contributed by atoms with Gasteiger partial charge in [-0.05, 0) is 50.5 Å². The minimum absolute atomic E-state index is 0.177. The molecule has 1 aliphatic heterocycles. The minimum Gasteiger partial charge on any atom is -0.393 e. The predicted molar refractivity (Wildman–Crippen MR) is 80.2 cm³/mol. The molecule has 1 saturated carbocycles. The maximum absolute atomic E-state index is 9.96. The van der Waals surface area contributed by atoms with Crippen molar-refractivity contribution < 1.29 is 5.11 Å². The van der Waals surface area contributed by atoms with Crippen molar-refractivity contribution in [3.63, 3.8) is 0 Å². The summed E-state index contributed by atoms with van der Waals surface area (Å²) in [5.74, 6) is 2.04. The Morgan fingerprint density at radius 2 is 1.84 bits per heavy atom. The van der Waals surface area contributed by atoms with Gasteiger partial charge in [0.05, 0.1) is 6.10 Å². The third kappa shape index (κ3) is 4.17. The predicted octanol–water partition coefficient (Wildman–Crippen LogP) is 2.10. The fourth-order valence-electron chi connectivity index (χ4n) is 3.53. The number of piperidine rings is 1. The Bertz CT molecular complexity index is 274. The van der Waals surface area contributed by atoms with E-state index in [2.05, 4.69) is 31.0 Å². The Labute approximate surface area is 118 Å². The van der Waals surface area contributed by atoms with Crippen molar-refractivity contribution in [3.05, 3.63) is 0 Å². The van der Waals surface area contributed by atoms with E-state index in [9.17, 15) is 5.11 Å². The lowest BCUT2D eigenvalue weighted by molar-refractivity contribution is -0.00318. The molecule has 2 N–H and O–H groups in total. The van der Waals surface area contributed by atoms with Gasteiger partial charge in [-0.2, -0.15) is 0 Å². The molecule has 2 rings (SSSR count). The van der Waals surface area contributed by atoms with E-state index in [1.807, 2.05) is 6.92 Å². The zero-order valence-corrected chi connectivity index (χ0v) is 13.1. The van der Waals surface area contributed by atoms with E-state index in [1.165, 1.54) is 19.4 Å². The lowest BCUT2D eigenvalue weighted by Gasteiger charge is -2.48. The molecule has 3 atom stereocenters. The highest BCUT2D eigenvalue weighted by Gasteiger charge is 2.37. The molecule has 3 unspecified atom stereocenters. The second-order valence-corrected chi connectivity index (χ2v) is 7.42. The number of rotatable bonds is 5. The highest BCUT2D eigenvalue weighted by molar-refractivity contribution is 4.93. The molecule has 0 aromatic heterocycles. The molecule has 2 fully saturated rings. The highest BCUT2D eigenvalue weighted by Crippen LogP contribution is 2.34. The minimum atomic E-state index is -0.177. The smallest absolute Gasteiger partial charge is 0.0553 e.